The largest absolute Gasteiger partial charge is 0.494 e. The molecule has 7 heteroatoms. The fourth-order valence-corrected chi connectivity index (χ4v) is 4.02. The highest BCUT2D eigenvalue weighted by molar-refractivity contribution is 8.15. The number of rotatable bonds is 6. The highest BCUT2D eigenvalue weighted by Crippen LogP contribution is 2.27. The van der Waals surface area contributed by atoms with Crippen molar-refractivity contribution in [3.63, 3.8) is 0 Å². The standard InChI is InChI=1S/C18H23N3O3S/c1-2-24-14-9-7-13(8-10-14)19-16(22)11-15-17(23)21-18(25-15)20-12-5-3-4-6-12/h7-10,12,15H,2-6,11H2,1H3,(H,19,22)(H,20,21,23)/t15-/m0/s1. The van der Waals surface area contributed by atoms with E-state index < -0.39 is 5.25 Å². The van der Waals surface area contributed by atoms with Gasteiger partial charge in [0.1, 0.15) is 11.0 Å². The van der Waals surface area contributed by atoms with E-state index in [1.54, 1.807) is 12.1 Å². The van der Waals surface area contributed by atoms with E-state index in [0.29, 0.717) is 23.5 Å². The minimum Gasteiger partial charge on any atom is -0.494 e. The van der Waals surface area contributed by atoms with Crippen LogP contribution in [0, 0.1) is 0 Å². The van der Waals surface area contributed by atoms with E-state index >= 15 is 0 Å². The number of amidine groups is 1. The van der Waals surface area contributed by atoms with E-state index in [1.807, 2.05) is 19.1 Å². The van der Waals surface area contributed by atoms with Gasteiger partial charge in [-0.3, -0.25) is 14.6 Å². The summed E-state index contributed by atoms with van der Waals surface area (Å²) in [6, 6.07) is 7.51. The number of amides is 2. The molecule has 1 atom stereocenters. The van der Waals surface area contributed by atoms with Crippen LogP contribution in [0.25, 0.3) is 0 Å². The van der Waals surface area contributed by atoms with Crippen LogP contribution >= 0.6 is 11.8 Å². The summed E-state index contributed by atoms with van der Waals surface area (Å²) >= 11 is 1.36. The van der Waals surface area contributed by atoms with Gasteiger partial charge in [-0.05, 0) is 44.0 Å². The fourth-order valence-electron chi connectivity index (χ4n) is 2.98. The topological polar surface area (TPSA) is 79.8 Å². The predicted octanol–water partition coefficient (Wildman–Crippen LogP) is 2.94. The van der Waals surface area contributed by atoms with Gasteiger partial charge in [0.25, 0.3) is 0 Å². The van der Waals surface area contributed by atoms with Gasteiger partial charge in [-0.25, -0.2) is 0 Å². The SMILES string of the molecule is CCOc1ccc(NC(=O)C[C@@H]2SC(=NC3CCCC3)NC2=O)cc1. The number of anilines is 1. The van der Waals surface area contributed by atoms with Crippen molar-refractivity contribution in [3.8, 4) is 5.75 Å². The molecule has 0 unspecified atom stereocenters. The number of benzene rings is 1. The van der Waals surface area contributed by atoms with Crippen molar-refractivity contribution in [2.24, 2.45) is 4.99 Å². The van der Waals surface area contributed by atoms with Crippen LogP contribution in [-0.4, -0.2) is 34.9 Å². The van der Waals surface area contributed by atoms with E-state index in [0.717, 1.165) is 18.6 Å². The number of nitrogens with zero attached hydrogens (tertiary/aromatic N) is 1. The number of hydrogen-bond acceptors (Lipinski definition) is 5. The van der Waals surface area contributed by atoms with Gasteiger partial charge in [-0.2, -0.15) is 0 Å². The molecule has 1 aromatic rings. The molecule has 1 saturated heterocycles. The lowest BCUT2D eigenvalue weighted by molar-refractivity contribution is -0.122. The van der Waals surface area contributed by atoms with Crippen LogP contribution in [-0.2, 0) is 9.59 Å². The maximum Gasteiger partial charge on any atom is 0.240 e. The average molecular weight is 361 g/mol. The Morgan fingerprint density at radius 1 is 1.32 bits per heavy atom. The highest BCUT2D eigenvalue weighted by atomic mass is 32.2. The third-order valence-corrected chi connectivity index (χ3v) is 5.32. The highest BCUT2D eigenvalue weighted by Gasteiger charge is 2.32. The van der Waals surface area contributed by atoms with Gasteiger partial charge >= 0.3 is 0 Å². The van der Waals surface area contributed by atoms with Crippen LogP contribution < -0.4 is 15.4 Å². The Morgan fingerprint density at radius 3 is 2.72 bits per heavy atom. The first-order valence-electron chi connectivity index (χ1n) is 8.72. The fraction of sp³-hybridized carbons (Fsp3) is 0.500. The van der Waals surface area contributed by atoms with Gasteiger partial charge in [0, 0.05) is 12.1 Å². The number of aliphatic imine (C=N–C) groups is 1. The molecule has 1 aliphatic carbocycles. The second-order valence-electron chi connectivity index (χ2n) is 6.18. The molecule has 2 fully saturated rings. The van der Waals surface area contributed by atoms with E-state index in [2.05, 4.69) is 15.6 Å². The molecule has 1 saturated carbocycles. The third kappa shape index (κ3) is 4.98. The molecule has 2 amide bonds. The molecule has 2 N–H and O–H groups in total. The van der Waals surface area contributed by atoms with Gasteiger partial charge in [0.2, 0.25) is 11.8 Å². The number of nitrogens with one attached hydrogen (secondary N) is 2. The van der Waals surface area contributed by atoms with Crippen LogP contribution in [0.3, 0.4) is 0 Å². The van der Waals surface area contributed by atoms with Crippen molar-refractivity contribution in [2.75, 3.05) is 11.9 Å². The molecule has 25 heavy (non-hydrogen) atoms. The minimum absolute atomic E-state index is 0.132. The van der Waals surface area contributed by atoms with E-state index in [4.69, 9.17) is 4.74 Å². The summed E-state index contributed by atoms with van der Waals surface area (Å²) in [5.74, 6) is 0.446. The van der Waals surface area contributed by atoms with Gasteiger partial charge < -0.3 is 15.4 Å². The molecular weight excluding hydrogens is 338 g/mol. The van der Waals surface area contributed by atoms with Gasteiger partial charge in [0.15, 0.2) is 5.17 Å². The summed E-state index contributed by atoms with van der Waals surface area (Å²) in [5.41, 5.74) is 0.691. The Balaban J connectivity index is 1.51. The van der Waals surface area contributed by atoms with Crippen LogP contribution in [0.1, 0.15) is 39.0 Å². The summed E-state index contributed by atoms with van der Waals surface area (Å²) in [6.07, 6.45) is 4.71. The van der Waals surface area contributed by atoms with Crippen LogP contribution in [0.2, 0.25) is 0 Å². The van der Waals surface area contributed by atoms with Gasteiger partial charge in [0.05, 0.1) is 12.6 Å². The van der Waals surface area contributed by atoms with Crippen molar-refractivity contribution < 1.29 is 14.3 Å². The second kappa shape index (κ2) is 8.38. The lowest BCUT2D eigenvalue weighted by Crippen LogP contribution is -2.28. The Hall–Kier alpha value is -2.02. The molecule has 1 aliphatic heterocycles. The second-order valence-corrected chi connectivity index (χ2v) is 7.37. The number of thioether (sulfide) groups is 1. The monoisotopic (exact) mass is 361 g/mol. The van der Waals surface area contributed by atoms with Crippen molar-refractivity contribution >= 4 is 34.4 Å². The van der Waals surface area contributed by atoms with Gasteiger partial charge in [-0.1, -0.05) is 24.6 Å². The molecular formula is C18H23N3O3S. The zero-order valence-corrected chi connectivity index (χ0v) is 15.1. The number of carbonyl (C=O) groups is 2. The molecule has 6 nitrogen and oxygen atoms in total. The molecule has 2 aliphatic rings. The summed E-state index contributed by atoms with van der Waals surface area (Å²) in [4.78, 5) is 28.9. The number of ether oxygens (including phenoxy) is 1. The summed E-state index contributed by atoms with van der Waals surface area (Å²) in [5, 5.41) is 5.87. The molecule has 1 heterocycles. The van der Waals surface area contributed by atoms with Crippen LogP contribution in [0.5, 0.6) is 5.75 Å². The zero-order valence-electron chi connectivity index (χ0n) is 14.3. The van der Waals surface area contributed by atoms with Gasteiger partial charge in [-0.15, -0.1) is 0 Å². The van der Waals surface area contributed by atoms with E-state index in [1.165, 1.54) is 24.6 Å². The molecule has 1 aromatic carbocycles. The summed E-state index contributed by atoms with van der Waals surface area (Å²) in [6.45, 7) is 2.52. The third-order valence-electron chi connectivity index (χ3n) is 4.22. The van der Waals surface area contributed by atoms with E-state index in [9.17, 15) is 9.59 Å². The Bertz CT molecular complexity index is 654. The summed E-state index contributed by atoms with van der Waals surface area (Å²) < 4.78 is 5.37. The zero-order chi connectivity index (χ0) is 17.6. The Kier molecular flexibility index (Phi) is 5.96. The van der Waals surface area contributed by atoms with Crippen LogP contribution in [0.15, 0.2) is 29.3 Å². The number of carbonyl (C=O) groups excluding carboxylic acids is 2. The minimum atomic E-state index is -0.414. The summed E-state index contributed by atoms with van der Waals surface area (Å²) in [7, 11) is 0. The predicted molar refractivity (Wildman–Crippen MR) is 100 cm³/mol. The first kappa shape index (κ1) is 17.8. The molecule has 0 spiro atoms. The normalized spacial score (nSPS) is 22.2. The van der Waals surface area contributed by atoms with Crippen molar-refractivity contribution in [1.82, 2.24) is 5.32 Å². The van der Waals surface area contributed by atoms with Crippen molar-refractivity contribution in [2.45, 2.75) is 50.3 Å². The first-order valence-corrected chi connectivity index (χ1v) is 9.60. The maximum absolute atomic E-state index is 12.2. The average Bonchev–Trinajstić information content (AvgIpc) is 3.20. The lowest BCUT2D eigenvalue weighted by atomic mass is 10.2. The van der Waals surface area contributed by atoms with Crippen molar-refractivity contribution in [1.29, 1.82) is 0 Å². The quantitative estimate of drug-likeness (QED) is 0.816. The van der Waals surface area contributed by atoms with E-state index in [-0.39, 0.29) is 18.2 Å². The Labute approximate surface area is 151 Å². The molecule has 0 radical (unpaired) electrons. The molecule has 0 bridgehead atoms. The molecule has 0 aromatic heterocycles. The first-order chi connectivity index (χ1) is 12.1. The maximum atomic E-state index is 12.2. The molecule has 3 rings (SSSR count). The Morgan fingerprint density at radius 2 is 2.04 bits per heavy atom. The number of hydrogen-bond donors (Lipinski definition) is 2. The smallest absolute Gasteiger partial charge is 0.240 e. The van der Waals surface area contributed by atoms with Crippen molar-refractivity contribution in [3.05, 3.63) is 24.3 Å². The van der Waals surface area contributed by atoms with Crippen LogP contribution in [0.4, 0.5) is 5.69 Å². The molecule has 134 valence electrons. The lowest BCUT2D eigenvalue weighted by Gasteiger charge is -2.08.